The van der Waals surface area contributed by atoms with Gasteiger partial charge in [0.15, 0.2) is 5.82 Å². The fourth-order valence-corrected chi connectivity index (χ4v) is 2.80. The van der Waals surface area contributed by atoms with E-state index in [-0.39, 0.29) is 35.1 Å². The summed E-state index contributed by atoms with van der Waals surface area (Å²) in [6.07, 6.45) is -4.50. The van der Waals surface area contributed by atoms with Gasteiger partial charge in [-0.25, -0.2) is 4.98 Å². The molecule has 0 amide bonds. The van der Waals surface area contributed by atoms with Gasteiger partial charge in [0.25, 0.3) is 0 Å². The van der Waals surface area contributed by atoms with Crippen LogP contribution in [0.1, 0.15) is 11.4 Å². The molecule has 0 unspecified atom stereocenters. The van der Waals surface area contributed by atoms with Crippen molar-refractivity contribution in [1.82, 2.24) is 30.2 Å². The van der Waals surface area contributed by atoms with Crippen LogP contribution in [-0.2, 0) is 12.7 Å². The van der Waals surface area contributed by atoms with Crippen LogP contribution in [0.3, 0.4) is 0 Å². The van der Waals surface area contributed by atoms with Crippen LogP contribution in [0.25, 0.3) is 28.0 Å². The number of aliphatic hydroxyl groups excluding tert-OH is 1. The number of halogens is 3. The van der Waals surface area contributed by atoms with Crippen molar-refractivity contribution in [2.75, 3.05) is 0 Å². The van der Waals surface area contributed by atoms with Crippen molar-refractivity contribution < 1.29 is 18.3 Å². The van der Waals surface area contributed by atoms with Gasteiger partial charge < -0.3 is 10.1 Å². The molecule has 0 saturated heterocycles. The number of tetrazole rings is 1. The Kier molecular flexibility index (Phi) is 4.67. The van der Waals surface area contributed by atoms with Crippen molar-refractivity contribution in [3.8, 4) is 17.5 Å². The number of allylic oxidation sites excluding steroid dienone is 2. The Balaban J connectivity index is 1.62. The van der Waals surface area contributed by atoms with Crippen LogP contribution in [0.2, 0.25) is 0 Å². The van der Waals surface area contributed by atoms with Gasteiger partial charge in [0.1, 0.15) is 23.9 Å². The molecule has 0 spiro atoms. The number of aromatic nitrogens is 6. The second-order valence-corrected chi connectivity index (χ2v) is 6.26. The Hall–Kier alpha value is -4.20. The van der Waals surface area contributed by atoms with Crippen molar-refractivity contribution in [3.63, 3.8) is 0 Å². The molecule has 0 radical (unpaired) electrons. The highest BCUT2D eigenvalue weighted by atomic mass is 19.4. The molecule has 0 aliphatic rings. The molecule has 0 aliphatic carbocycles. The van der Waals surface area contributed by atoms with E-state index >= 15 is 0 Å². The van der Waals surface area contributed by atoms with E-state index < -0.39 is 11.7 Å². The molecule has 11 heteroatoms. The standard InChI is InChI=1S/C19H12F3N7O/c20-19(21,22)12-5-3-4-11(8-12)17-26-28-29(27-17)10-16(30)13(9-23)18-24-14-6-1-2-7-15(14)25-18/h1-8,30H,10H2,(H,24,25). The van der Waals surface area contributed by atoms with Gasteiger partial charge in [-0.05, 0) is 29.5 Å². The van der Waals surface area contributed by atoms with E-state index in [1.54, 1.807) is 24.3 Å². The molecule has 0 fully saturated rings. The number of imidazole rings is 1. The lowest BCUT2D eigenvalue weighted by Gasteiger charge is -2.06. The summed E-state index contributed by atoms with van der Waals surface area (Å²) in [6, 6.07) is 13.5. The number of hydrogen-bond acceptors (Lipinski definition) is 6. The first-order valence-corrected chi connectivity index (χ1v) is 8.58. The third-order valence-corrected chi connectivity index (χ3v) is 4.22. The second kappa shape index (κ2) is 7.32. The average molecular weight is 411 g/mol. The number of fused-ring (bicyclic) bond motifs is 1. The third kappa shape index (κ3) is 3.70. The largest absolute Gasteiger partial charge is 0.509 e. The minimum Gasteiger partial charge on any atom is -0.509 e. The zero-order valence-corrected chi connectivity index (χ0v) is 15.1. The Morgan fingerprint density at radius 3 is 2.70 bits per heavy atom. The van der Waals surface area contributed by atoms with Gasteiger partial charge >= 0.3 is 6.18 Å². The number of nitrogens with one attached hydrogen (secondary N) is 1. The summed E-state index contributed by atoms with van der Waals surface area (Å²) in [5, 5.41) is 31.3. The molecule has 150 valence electrons. The lowest BCUT2D eigenvalue weighted by molar-refractivity contribution is -0.137. The first-order valence-electron chi connectivity index (χ1n) is 8.58. The minimum atomic E-state index is -4.50. The highest BCUT2D eigenvalue weighted by molar-refractivity contribution is 5.82. The molecule has 4 aromatic rings. The molecule has 30 heavy (non-hydrogen) atoms. The van der Waals surface area contributed by atoms with Crippen molar-refractivity contribution in [2.45, 2.75) is 12.7 Å². The normalized spacial score (nSPS) is 12.6. The van der Waals surface area contributed by atoms with Crippen LogP contribution >= 0.6 is 0 Å². The highest BCUT2D eigenvalue weighted by Gasteiger charge is 2.30. The van der Waals surface area contributed by atoms with E-state index in [0.717, 1.165) is 16.9 Å². The molecule has 0 atom stereocenters. The number of hydrogen-bond donors (Lipinski definition) is 2. The van der Waals surface area contributed by atoms with Gasteiger partial charge in [-0.3, -0.25) is 0 Å². The topological polar surface area (TPSA) is 116 Å². The first-order chi connectivity index (χ1) is 14.3. The summed E-state index contributed by atoms with van der Waals surface area (Å²) in [6.45, 7) is -0.314. The lowest BCUT2D eigenvalue weighted by atomic mass is 10.1. The minimum absolute atomic E-state index is 0.0452. The predicted octanol–water partition coefficient (Wildman–Crippen LogP) is 3.73. The molecule has 2 heterocycles. The Bertz CT molecular complexity index is 1260. The summed E-state index contributed by atoms with van der Waals surface area (Å²) >= 11 is 0. The SMILES string of the molecule is N#CC(=C(O)Cn1nnc(-c2cccc(C(F)(F)F)c2)n1)c1nc2ccccc2[nH]1. The van der Waals surface area contributed by atoms with Crippen LogP contribution in [0, 0.1) is 11.3 Å². The maximum absolute atomic E-state index is 12.9. The molecule has 2 N–H and O–H groups in total. The summed E-state index contributed by atoms with van der Waals surface area (Å²) in [5.41, 5.74) is 0.495. The van der Waals surface area contributed by atoms with E-state index in [2.05, 4.69) is 25.4 Å². The molecule has 0 aliphatic heterocycles. The van der Waals surface area contributed by atoms with E-state index in [0.29, 0.717) is 11.0 Å². The maximum Gasteiger partial charge on any atom is 0.416 e. The Morgan fingerprint density at radius 1 is 1.17 bits per heavy atom. The van der Waals surface area contributed by atoms with E-state index in [1.807, 2.05) is 6.07 Å². The zero-order valence-electron chi connectivity index (χ0n) is 15.1. The number of benzene rings is 2. The number of nitriles is 1. The van der Waals surface area contributed by atoms with Gasteiger partial charge in [-0.1, -0.05) is 24.3 Å². The van der Waals surface area contributed by atoms with Gasteiger partial charge in [-0.2, -0.15) is 23.2 Å². The van der Waals surface area contributed by atoms with Crippen molar-refractivity contribution >= 4 is 16.6 Å². The van der Waals surface area contributed by atoms with Crippen LogP contribution in [0.15, 0.2) is 54.3 Å². The summed E-state index contributed by atoms with van der Waals surface area (Å²) < 4.78 is 38.7. The van der Waals surface area contributed by atoms with Crippen LogP contribution in [-0.4, -0.2) is 35.3 Å². The van der Waals surface area contributed by atoms with Gasteiger partial charge in [0, 0.05) is 5.56 Å². The van der Waals surface area contributed by atoms with Crippen LogP contribution in [0.4, 0.5) is 13.2 Å². The quantitative estimate of drug-likeness (QED) is 0.390. The number of rotatable bonds is 4. The van der Waals surface area contributed by atoms with Gasteiger partial charge in [0.05, 0.1) is 16.6 Å². The molecule has 0 bridgehead atoms. The Labute approximate surface area is 166 Å². The summed E-state index contributed by atoms with van der Waals surface area (Å²) in [5.74, 6) is -0.241. The Morgan fingerprint density at radius 2 is 1.97 bits per heavy atom. The molecule has 2 aromatic carbocycles. The smallest absolute Gasteiger partial charge is 0.416 e. The number of alkyl halides is 3. The molecule has 8 nitrogen and oxygen atoms in total. The third-order valence-electron chi connectivity index (χ3n) is 4.22. The highest BCUT2D eigenvalue weighted by Crippen LogP contribution is 2.31. The molecule has 4 rings (SSSR count). The van der Waals surface area contributed by atoms with Crippen molar-refractivity contribution in [3.05, 3.63) is 65.7 Å². The summed E-state index contributed by atoms with van der Waals surface area (Å²) in [4.78, 5) is 8.18. The molecule has 0 saturated carbocycles. The second-order valence-electron chi connectivity index (χ2n) is 6.26. The first kappa shape index (κ1) is 19.1. The average Bonchev–Trinajstić information content (AvgIpc) is 3.35. The monoisotopic (exact) mass is 411 g/mol. The number of aliphatic hydroxyl groups is 1. The van der Waals surface area contributed by atoms with Crippen molar-refractivity contribution in [2.24, 2.45) is 0 Å². The summed E-state index contributed by atoms with van der Waals surface area (Å²) in [7, 11) is 0. The van der Waals surface area contributed by atoms with E-state index in [1.165, 1.54) is 12.1 Å². The van der Waals surface area contributed by atoms with Crippen LogP contribution in [0.5, 0.6) is 0 Å². The molecular formula is C19H12F3N7O. The van der Waals surface area contributed by atoms with Crippen LogP contribution < -0.4 is 0 Å². The number of para-hydroxylation sites is 2. The fourth-order valence-electron chi connectivity index (χ4n) is 2.80. The maximum atomic E-state index is 12.9. The van der Waals surface area contributed by atoms with E-state index in [9.17, 15) is 23.5 Å². The fraction of sp³-hybridized carbons (Fsp3) is 0.105. The van der Waals surface area contributed by atoms with Gasteiger partial charge in [0.2, 0.25) is 5.82 Å². The zero-order chi connectivity index (χ0) is 21.3. The lowest BCUT2D eigenvalue weighted by Crippen LogP contribution is -2.07. The number of aromatic amines is 1. The van der Waals surface area contributed by atoms with Crippen molar-refractivity contribution in [1.29, 1.82) is 5.26 Å². The molecular weight excluding hydrogens is 399 g/mol. The van der Waals surface area contributed by atoms with Gasteiger partial charge in [-0.15, -0.1) is 10.2 Å². The number of H-pyrrole nitrogens is 1. The predicted molar refractivity (Wildman–Crippen MR) is 99.5 cm³/mol. The number of nitrogens with zero attached hydrogens (tertiary/aromatic N) is 6. The molecule has 2 aromatic heterocycles. The van der Waals surface area contributed by atoms with E-state index in [4.69, 9.17) is 0 Å².